The lowest BCUT2D eigenvalue weighted by Crippen LogP contribution is -2.52. The minimum Gasteiger partial charge on any atom is -0.488 e. The number of ether oxygens (including phenoxy) is 1. The fraction of sp³-hybridized carbons (Fsp3) is 0.455. The molecular weight excluding hydrogens is 456 g/mol. The van der Waals surface area contributed by atoms with Gasteiger partial charge in [0.25, 0.3) is 0 Å². The molecule has 174 valence electrons. The Kier molecular flexibility index (Phi) is 6.39. The first-order valence-electron chi connectivity index (χ1n) is 10.1. The van der Waals surface area contributed by atoms with E-state index in [9.17, 15) is 31.4 Å². The molecule has 3 fully saturated rings. The summed E-state index contributed by atoms with van der Waals surface area (Å²) in [7, 11) is 0. The van der Waals surface area contributed by atoms with Crippen LogP contribution in [-0.4, -0.2) is 35.7 Å². The Balaban J connectivity index is 1.71. The Labute approximate surface area is 185 Å². The van der Waals surface area contributed by atoms with Gasteiger partial charge in [0, 0.05) is 11.4 Å². The lowest BCUT2D eigenvalue weighted by Gasteiger charge is -2.44. The summed E-state index contributed by atoms with van der Waals surface area (Å²) >= 11 is 0.586. The number of fused-ring (bicyclic) bond motifs is 3. The van der Waals surface area contributed by atoms with Gasteiger partial charge in [-0.25, -0.2) is 0 Å². The number of alkyl halides is 6. The number of halogens is 6. The number of para-hydroxylation sites is 1. The Morgan fingerprint density at radius 3 is 2.12 bits per heavy atom. The zero-order chi connectivity index (χ0) is 23.1. The maximum atomic E-state index is 13.8. The first kappa shape index (κ1) is 23.3. The van der Waals surface area contributed by atoms with E-state index in [-0.39, 0.29) is 6.10 Å². The van der Waals surface area contributed by atoms with Crippen LogP contribution in [0, 0.1) is 5.92 Å². The normalized spacial score (nSPS) is 23.4. The number of rotatable bonds is 5. The van der Waals surface area contributed by atoms with Crippen LogP contribution >= 0.6 is 11.8 Å². The third-order valence-corrected chi connectivity index (χ3v) is 7.05. The summed E-state index contributed by atoms with van der Waals surface area (Å²) in [5, 5.41) is 9.23. The molecule has 3 nitrogen and oxygen atoms in total. The molecule has 0 radical (unpaired) electrons. The Morgan fingerprint density at radius 1 is 0.906 bits per heavy atom. The van der Waals surface area contributed by atoms with Crippen molar-refractivity contribution in [3.8, 4) is 5.75 Å². The van der Waals surface area contributed by atoms with E-state index in [4.69, 9.17) is 4.74 Å². The third kappa shape index (κ3) is 4.72. The largest absolute Gasteiger partial charge is 0.488 e. The van der Waals surface area contributed by atoms with Gasteiger partial charge in [0.05, 0.1) is 22.6 Å². The number of benzene rings is 2. The number of hydrogen-bond acceptors (Lipinski definition) is 4. The second-order valence-electron chi connectivity index (χ2n) is 7.97. The average molecular weight is 477 g/mol. The van der Waals surface area contributed by atoms with Crippen molar-refractivity contribution < 1.29 is 36.2 Å². The SMILES string of the molecule is OCc1ccc(Sc2ccccc2OC2CN3CCC2CC3)c(C(F)(F)F)c1C(F)(F)F. The van der Waals surface area contributed by atoms with Gasteiger partial charge in [-0.1, -0.05) is 30.0 Å². The van der Waals surface area contributed by atoms with Crippen molar-refractivity contribution in [1.82, 2.24) is 4.90 Å². The molecule has 3 saturated heterocycles. The van der Waals surface area contributed by atoms with Crippen molar-refractivity contribution in [3.05, 3.63) is 53.1 Å². The minimum absolute atomic E-state index is 0.108. The second kappa shape index (κ2) is 8.79. The molecule has 2 aromatic carbocycles. The van der Waals surface area contributed by atoms with Gasteiger partial charge in [-0.3, -0.25) is 4.90 Å². The maximum Gasteiger partial charge on any atom is 0.418 e. The van der Waals surface area contributed by atoms with Crippen LogP contribution < -0.4 is 4.74 Å². The van der Waals surface area contributed by atoms with Gasteiger partial charge in [0.2, 0.25) is 0 Å². The molecule has 3 heterocycles. The molecule has 3 aliphatic rings. The van der Waals surface area contributed by atoms with Crippen molar-refractivity contribution in [2.45, 2.75) is 47.7 Å². The van der Waals surface area contributed by atoms with Gasteiger partial charge in [0.15, 0.2) is 0 Å². The molecule has 3 aliphatic heterocycles. The topological polar surface area (TPSA) is 32.7 Å². The van der Waals surface area contributed by atoms with E-state index in [0.29, 0.717) is 28.3 Å². The first-order valence-corrected chi connectivity index (χ1v) is 11.0. The summed E-state index contributed by atoms with van der Waals surface area (Å²) < 4.78 is 88.3. The lowest BCUT2D eigenvalue weighted by atomic mass is 9.86. The molecule has 1 atom stereocenters. The quantitative estimate of drug-likeness (QED) is 0.549. The van der Waals surface area contributed by atoms with E-state index in [0.717, 1.165) is 44.6 Å². The fourth-order valence-corrected chi connectivity index (χ4v) is 5.46. The summed E-state index contributed by atoms with van der Waals surface area (Å²) in [6.07, 6.45) is -8.68. The van der Waals surface area contributed by atoms with Gasteiger partial charge >= 0.3 is 12.4 Å². The number of hydrogen-bond donors (Lipinski definition) is 1. The van der Waals surface area contributed by atoms with Crippen molar-refractivity contribution >= 4 is 11.8 Å². The Morgan fingerprint density at radius 2 is 1.56 bits per heavy atom. The van der Waals surface area contributed by atoms with Crippen LogP contribution in [0.1, 0.15) is 29.5 Å². The standard InChI is InChI=1S/C22H21F6NO2S/c23-21(24,25)19-14(12-30)5-6-18(20(19)22(26,27)28)32-17-4-2-1-3-15(17)31-16-11-29-9-7-13(16)8-10-29/h1-6,13,16,30H,7-12H2. The molecule has 0 spiro atoms. The van der Waals surface area contributed by atoms with E-state index in [1.807, 2.05) is 0 Å². The molecular formula is C22H21F6NO2S. The molecule has 0 aromatic heterocycles. The van der Waals surface area contributed by atoms with Crippen LogP contribution in [0.15, 0.2) is 46.2 Å². The van der Waals surface area contributed by atoms with Crippen LogP contribution in [0.4, 0.5) is 26.3 Å². The predicted octanol–water partition coefficient (Wildman–Crippen LogP) is 5.84. The second-order valence-corrected chi connectivity index (χ2v) is 9.05. The number of aliphatic hydroxyl groups excluding tert-OH is 1. The molecule has 5 rings (SSSR count). The Bertz CT molecular complexity index is 970. The summed E-state index contributed by atoms with van der Waals surface area (Å²) in [6, 6.07) is 8.30. The lowest BCUT2D eigenvalue weighted by molar-refractivity contribution is -0.164. The highest BCUT2D eigenvalue weighted by molar-refractivity contribution is 7.99. The molecule has 1 N–H and O–H groups in total. The predicted molar refractivity (Wildman–Crippen MR) is 107 cm³/mol. The van der Waals surface area contributed by atoms with Gasteiger partial charge in [-0.15, -0.1) is 0 Å². The maximum absolute atomic E-state index is 13.8. The summed E-state index contributed by atoms with van der Waals surface area (Å²) in [5.41, 5.74) is -4.46. The van der Waals surface area contributed by atoms with E-state index in [2.05, 4.69) is 4.90 Å². The monoisotopic (exact) mass is 477 g/mol. The zero-order valence-electron chi connectivity index (χ0n) is 16.8. The smallest absolute Gasteiger partial charge is 0.418 e. The van der Waals surface area contributed by atoms with E-state index in [1.54, 1.807) is 18.2 Å². The fourth-order valence-electron chi connectivity index (χ4n) is 4.41. The summed E-state index contributed by atoms with van der Waals surface area (Å²) in [6.45, 7) is 1.56. The molecule has 32 heavy (non-hydrogen) atoms. The molecule has 10 heteroatoms. The van der Waals surface area contributed by atoms with Crippen LogP contribution in [0.5, 0.6) is 5.75 Å². The van der Waals surface area contributed by atoms with Crippen molar-refractivity contribution in [1.29, 1.82) is 0 Å². The van der Waals surface area contributed by atoms with E-state index in [1.165, 1.54) is 6.07 Å². The van der Waals surface area contributed by atoms with E-state index >= 15 is 0 Å². The zero-order valence-corrected chi connectivity index (χ0v) is 17.7. The van der Waals surface area contributed by atoms with E-state index < -0.39 is 40.5 Å². The van der Waals surface area contributed by atoms with Crippen molar-refractivity contribution in [2.75, 3.05) is 19.6 Å². The first-order chi connectivity index (χ1) is 15.1. The highest BCUT2D eigenvalue weighted by Crippen LogP contribution is 2.49. The number of piperidine rings is 3. The summed E-state index contributed by atoms with van der Waals surface area (Å²) in [5.74, 6) is 0.702. The molecule has 2 aromatic rings. The molecule has 0 amide bonds. The number of nitrogens with zero attached hydrogens (tertiary/aromatic N) is 1. The highest BCUT2D eigenvalue weighted by Gasteiger charge is 2.46. The average Bonchev–Trinajstić information content (AvgIpc) is 2.74. The van der Waals surface area contributed by atoms with Gasteiger partial charge in [-0.2, -0.15) is 26.3 Å². The van der Waals surface area contributed by atoms with Gasteiger partial charge in [-0.05, 0) is 55.6 Å². The van der Waals surface area contributed by atoms with Gasteiger partial charge < -0.3 is 9.84 Å². The molecule has 1 unspecified atom stereocenters. The molecule has 2 bridgehead atoms. The third-order valence-electron chi connectivity index (χ3n) is 5.93. The Hall–Kier alpha value is -1.91. The summed E-state index contributed by atoms with van der Waals surface area (Å²) in [4.78, 5) is 1.98. The van der Waals surface area contributed by atoms with Crippen LogP contribution in [0.3, 0.4) is 0 Å². The van der Waals surface area contributed by atoms with Crippen LogP contribution in [-0.2, 0) is 19.0 Å². The van der Waals surface area contributed by atoms with Crippen LogP contribution in [0.25, 0.3) is 0 Å². The number of aliphatic hydroxyl groups is 1. The van der Waals surface area contributed by atoms with Crippen molar-refractivity contribution in [2.24, 2.45) is 5.92 Å². The van der Waals surface area contributed by atoms with Crippen LogP contribution in [0.2, 0.25) is 0 Å². The van der Waals surface area contributed by atoms with Crippen molar-refractivity contribution in [3.63, 3.8) is 0 Å². The molecule has 0 saturated carbocycles. The highest BCUT2D eigenvalue weighted by atomic mass is 32.2. The molecule has 0 aliphatic carbocycles. The van der Waals surface area contributed by atoms with Gasteiger partial charge in [0.1, 0.15) is 11.9 Å². The minimum atomic E-state index is -5.27.